The monoisotopic (exact) mass is 498 g/mol. The molecule has 0 bridgehead atoms. The summed E-state index contributed by atoms with van der Waals surface area (Å²) in [4.78, 5) is 12.7. The fraction of sp³-hybridized carbons (Fsp3) is 0.269. The third kappa shape index (κ3) is 4.81. The van der Waals surface area contributed by atoms with Crippen molar-refractivity contribution in [3.05, 3.63) is 65.2 Å². The van der Waals surface area contributed by atoms with Crippen LogP contribution in [0.25, 0.3) is 0 Å². The zero-order chi connectivity index (χ0) is 26.0. The van der Waals surface area contributed by atoms with Gasteiger partial charge in [-0.05, 0) is 29.8 Å². The molecule has 0 unspecified atom stereocenters. The summed E-state index contributed by atoms with van der Waals surface area (Å²) in [6, 6.07) is 11.3. The van der Waals surface area contributed by atoms with Crippen LogP contribution >= 0.6 is 0 Å². The summed E-state index contributed by atoms with van der Waals surface area (Å²) >= 11 is 0. The number of hydrogen-bond acceptors (Lipinski definition) is 10. The number of ether oxygens (including phenoxy) is 4. The number of fused-ring (bicyclic) bond motifs is 1. The molecule has 0 spiro atoms. The average Bonchev–Trinajstić information content (AvgIpc) is 2.86. The first-order chi connectivity index (χ1) is 17.2. The number of aromatic hydroxyl groups is 3. The van der Waals surface area contributed by atoms with E-state index in [0.717, 1.165) is 6.07 Å². The maximum atomic E-state index is 12.7. The highest BCUT2D eigenvalue weighted by molar-refractivity contribution is 6.02. The lowest BCUT2D eigenvalue weighted by atomic mass is 9.95. The Bertz CT molecular complexity index is 1230. The van der Waals surface area contributed by atoms with E-state index in [-0.39, 0.29) is 58.0 Å². The zero-order valence-electron chi connectivity index (χ0n) is 19.5. The number of phenols is 3. The quantitative estimate of drug-likeness (QED) is 0.313. The van der Waals surface area contributed by atoms with E-state index in [4.69, 9.17) is 18.9 Å². The van der Waals surface area contributed by atoms with Gasteiger partial charge in [0, 0.05) is 17.7 Å². The Kier molecular flexibility index (Phi) is 7.09. The topological polar surface area (TPSA) is 155 Å². The van der Waals surface area contributed by atoms with Gasteiger partial charge in [-0.25, -0.2) is 0 Å². The van der Waals surface area contributed by atoms with Gasteiger partial charge in [0.2, 0.25) is 5.75 Å². The number of carbonyl (C=O) groups excluding carboxylic acids is 1. The molecule has 0 fully saturated rings. The fourth-order valence-corrected chi connectivity index (χ4v) is 4.05. The third-order valence-corrected chi connectivity index (χ3v) is 5.88. The van der Waals surface area contributed by atoms with Crippen LogP contribution in [0.1, 0.15) is 40.1 Å². The number of phenolic OH excluding ortho intramolecular Hbond substituents is 3. The second-order valence-corrected chi connectivity index (χ2v) is 8.20. The molecule has 36 heavy (non-hydrogen) atoms. The Hall–Kier alpha value is -4.15. The molecule has 0 saturated heterocycles. The fourth-order valence-electron chi connectivity index (χ4n) is 4.05. The van der Waals surface area contributed by atoms with Crippen LogP contribution in [0.3, 0.4) is 0 Å². The molecule has 3 aromatic rings. The molecular formula is C26H26O10. The van der Waals surface area contributed by atoms with Gasteiger partial charge >= 0.3 is 0 Å². The minimum absolute atomic E-state index is 0.00283. The number of benzene rings is 3. The smallest absolute Gasteiger partial charge is 0.204 e. The number of aliphatic hydroxyl groups is 2. The van der Waals surface area contributed by atoms with Crippen molar-refractivity contribution in [3.63, 3.8) is 0 Å². The van der Waals surface area contributed by atoms with E-state index in [2.05, 4.69) is 0 Å². The maximum Gasteiger partial charge on any atom is 0.204 e. The van der Waals surface area contributed by atoms with E-state index in [1.807, 2.05) is 0 Å². The molecule has 0 radical (unpaired) electrons. The number of carbonyl (C=O) groups is 1. The van der Waals surface area contributed by atoms with Crippen LogP contribution in [0.4, 0.5) is 0 Å². The largest absolute Gasteiger partial charge is 0.508 e. The van der Waals surface area contributed by atoms with Gasteiger partial charge in [-0.15, -0.1) is 0 Å². The molecule has 4 rings (SSSR count). The summed E-state index contributed by atoms with van der Waals surface area (Å²) in [5.41, 5.74) is 0.912. The molecule has 1 aliphatic heterocycles. The summed E-state index contributed by atoms with van der Waals surface area (Å²) in [5.74, 6) is -0.405. The van der Waals surface area contributed by atoms with Gasteiger partial charge in [0.15, 0.2) is 23.4 Å². The predicted octanol–water partition coefficient (Wildman–Crippen LogP) is 3.00. The molecule has 3 aromatic carbocycles. The number of ketones is 1. The molecule has 190 valence electrons. The summed E-state index contributed by atoms with van der Waals surface area (Å²) < 4.78 is 22.8. The highest BCUT2D eigenvalue weighted by atomic mass is 16.6. The van der Waals surface area contributed by atoms with E-state index in [1.54, 1.807) is 12.1 Å². The van der Waals surface area contributed by atoms with Crippen LogP contribution < -0.4 is 18.9 Å². The molecule has 1 aliphatic rings. The van der Waals surface area contributed by atoms with Gasteiger partial charge in [-0.2, -0.15) is 0 Å². The van der Waals surface area contributed by atoms with Crippen molar-refractivity contribution in [2.24, 2.45) is 0 Å². The minimum Gasteiger partial charge on any atom is -0.508 e. The molecule has 5 N–H and O–H groups in total. The molecule has 10 heteroatoms. The predicted molar refractivity (Wildman–Crippen MR) is 126 cm³/mol. The zero-order valence-corrected chi connectivity index (χ0v) is 19.5. The van der Waals surface area contributed by atoms with Crippen LogP contribution in [0.2, 0.25) is 0 Å². The van der Waals surface area contributed by atoms with Crippen LogP contribution in [-0.2, 0) is 0 Å². The van der Waals surface area contributed by atoms with E-state index in [0.29, 0.717) is 11.1 Å². The van der Waals surface area contributed by atoms with Crippen LogP contribution in [-0.4, -0.2) is 58.2 Å². The minimum atomic E-state index is -1.24. The van der Waals surface area contributed by atoms with Gasteiger partial charge in [0.05, 0.1) is 27.2 Å². The summed E-state index contributed by atoms with van der Waals surface area (Å²) in [5, 5.41) is 50.0. The normalized spacial score (nSPS) is 16.4. The number of rotatable bonds is 8. The SMILES string of the molecule is COc1cc([C@@H]2CC(=O)c3c(O)cc(O)cc3O2)cc(OC)c1O[C@H](CO)[C@H](O)c1ccc(O)cc1. The first-order valence-electron chi connectivity index (χ1n) is 11.0. The van der Waals surface area contributed by atoms with Crippen molar-refractivity contribution in [2.45, 2.75) is 24.7 Å². The second kappa shape index (κ2) is 10.2. The number of Topliss-reactive ketones (excluding diaryl/α,β-unsaturated/α-hetero) is 1. The summed E-state index contributed by atoms with van der Waals surface area (Å²) in [6.07, 6.45) is -3.20. The van der Waals surface area contributed by atoms with Crippen molar-refractivity contribution < 1.29 is 49.3 Å². The van der Waals surface area contributed by atoms with Crippen molar-refractivity contribution in [1.29, 1.82) is 0 Å². The van der Waals surface area contributed by atoms with Gasteiger partial charge < -0.3 is 44.5 Å². The number of aliphatic hydroxyl groups excluding tert-OH is 2. The van der Waals surface area contributed by atoms with Crippen molar-refractivity contribution in [2.75, 3.05) is 20.8 Å². The second-order valence-electron chi connectivity index (χ2n) is 8.20. The molecule has 0 amide bonds. The summed E-state index contributed by atoms with van der Waals surface area (Å²) in [6.45, 7) is -0.542. The molecule has 0 aromatic heterocycles. The average molecular weight is 498 g/mol. The summed E-state index contributed by atoms with van der Waals surface area (Å²) in [7, 11) is 2.79. The van der Waals surface area contributed by atoms with E-state index in [1.165, 1.54) is 44.6 Å². The third-order valence-electron chi connectivity index (χ3n) is 5.88. The first-order valence-corrected chi connectivity index (χ1v) is 11.0. The van der Waals surface area contributed by atoms with Crippen molar-refractivity contribution in [1.82, 2.24) is 0 Å². The molecule has 0 aliphatic carbocycles. The van der Waals surface area contributed by atoms with Crippen LogP contribution in [0, 0.1) is 0 Å². The van der Waals surface area contributed by atoms with Gasteiger partial charge in [0.1, 0.15) is 40.8 Å². The number of methoxy groups -OCH3 is 2. The lowest BCUT2D eigenvalue weighted by molar-refractivity contribution is -0.00171. The molecule has 0 saturated carbocycles. The van der Waals surface area contributed by atoms with Crippen molar-refractivity contribution in [3.8, 4) is 40.2 Å². The highest BCUT2D eigenvalue weighted by Crippen LogP contribution is 2.46. The number of hydrogen-bond donors (Lipinski definition) is 5. The van der Waals surface area contributed by atoms with Gasteiger partial charge in [0.25, 0.3) is 0 Å². The Morgan fingerprint density at radius 1 is 0.972 bits per heavy atom. The van der Waals surface area contributed by atoms with E-state index >= 15 is 0 Å². The van der Waals surface area contributed by atoms with Gasteiger partial charge in [-0.1, -0.05) is 12.1 Å². The molecule has 1 heterocycles. The van der Waals surface area contributed by atoms with Crippen molar-refractivity contribution >= 4 is 5.78 Å². The van der Waals surface area contributed by atoms with Crippen LogP contribution in [0.15, 0.2) is 48.5 Å². The molecular weight excluding hydrogens is 472 g/mol. The molecule has 10 nitrogen and oxygen atoms in total. The van der Waals surface area contributed by atoms with Crippen LogP contribution in [0.5, 0.6) is 40.2 Å². The van der Waals surface area contributed by atoms with E-state index in [9.17, 15) is 30.3 Å². The Labute approximate surface area is 206 Å². The Balaban J connectivity index is 1.65. The lowest BCUT2D eigenvalue weighted by Crippen LogP contribution is -2.29. The maximum absolute atomic E-state index is 12.7. The molecule has 3 atom stereocenters. The standard InChI is InChI=1S/C26H26O10/c1-33-21-7-14(19-11-18(31)24-17(30)9-16(29)10-20(24)35-19)8-22(34-2)26(21)36-23(12-27)25(32)13-3-5-15(28)6-4-13/h3-10,19,23,25,27-30,32H,11-12H2,1-2H3/t19-,23+,25+/m0/s1. The Morgan fingerprint density at radius 3 is 2.19 bits per heavy atom. The van der Waals surface area contributed by atoms with E-state index < -0.39 is 24.9 Å². The first kappa shape index (κ1) is 25.0. The Morgan fingerprint density at radius 2 is 1.61 bits per heavy atom. The lowest BCUT2D eigenvalue weighted by Gasteiger charge is -2.28. The van der Waals surface area contributed by atoms with Gasteiger partial charge in [-0.3, -0.25) is 4.79 Å². The highest BCUT2D eigenvalue weighted by Gasteiger charge is 2.33.